The van der Waals surface area contributed by atoms with Crippen LogP contribution in [-0.4, -0.2) is 39.7 Å². The Bertz CT molecular complexity index is 794. The van der Waals surface area contributed by atoms with Crippen LogP contribution in [-0.2, 0) is 15.4 Å². The maximum Gasteiger partial charge on any atom is 0.195 e. The van der Waals surface area contributed by atoms with Crippen LogP contribution < -0.4 is 0 Å². The first kappa shape index (κ1) is 13.4. The molecule has 1 saturated heterocycles. The van der Waals surface area contributed by atoms with E-state index >= 15 is 0 Å². The van der Waals surface area contributed by atoms with Crippen LogP contribution in [0.5, 0.6) is 0 Å². The molecule has 106 valence electrons. The summed E-state index contributed by atoms with van der Waals surface area (Å²) in [6, 6.07) is 3.66. The molecule has 1 N–H and O–H groups in total. The summed E-state index contributed by atoms with van der Waals surface area (Å²) >= 11 is 5.29. The van der Waals surface area contributed by atoms with Crippen molar-refractivity contribution in [2.24, 2.45) is 0 Å². The lowest BCUT2D eigenvalue weighted by molar-refractivity contribution is 0.364. The molecule has 0 radical (unpaired) electrons. The lowest BCUT2D eigenvalue weighted by Gasteiger charge is -2.25. The van der Waals surface area contributed by atoms with Crippen molar-refractivity contribution in [3.63, 3.8) is 0 Å². The molecule has 0 aromatic carbocycles. The van der Waals surface area contributed by atoms with Crippen molar-refractivity contribution in [2.75, 3.05) is 11.5 Å². The normalized spacial score (nSPS) is 24.9. The van der Waals surface area contributed by atoms with Gasteiger partial charge in [-0.25, -0.2) is 8.42 Å². The number of H-pyrrole nitrogens is 1. The molecule has 0 amide bonds. The van der Waals surface area contributed by atoms with Crippen molar-refractivity contribution < 1.29 is 8.42 Å². The van der Waals surface area contributed by atoms with Gasteiger partial charge in [0.1, 0.15) is 0 Å². The first-order valence-electron chi connectivity index (χ1n) is 6.20. The van der Waals surface area contributed by atoms with Crippen LogP contribution in [0.3, 0.4) is 0 Å². The summed E-state index contributed by atoms with van der Waals surface area (Å²) in [5.41, 5.74) is 0.305. The minimum Gasteiger partial charge on any atom is -0.293 e. The van der Waals surface area contributed by atoms with Gasteiger partial charge in [0.15, 0.2) is 20.4 Å². The Morgan fingerprint density at radius 1 is 1.40 bits per heavy atom. The second-order valence-corrected chi connectivity index (χ2v) is 7.83. The third kappa shape index (κ3) is 2.18. The molecule has 1 fully saturated rings. The van der Waals surface area contributed by atoms with E-state index in [9.17, 15) is 8.42 Å². The molecule has 2 aromatic rings. The predicted octanol–water partition coefficient (Wildman–Crippen LogP) is 1.54. The molecule has 0 aliphatic carbocycles. The summed E-state index contributed by atoms with van der Waals surface area (Å²) < 4.78 is 25.9. The van der Waals surface area contributed by atoms with Crippen molar-refractivity contribution in [3.8, 4) is 11.4 Å². The Kier molecular flexibility index (Phi) is 3.02. The van der Waals surface area contributed by atoms with Crippen LogP contribution in [0.25, 0.3) is 11.4 Å². The monoisotopic (exact) mass is 310 g/mol. The first-order valence-corrected chi connectivity index (χ1v) is 8.43. The van der Waals surface area contributed by atoms with Crippen molar-refractivity contribution >= 4 is 22.1 Å². The molecule has 20 heavy (non-hydrogen) atoms. The molecular weight excluding hydrogens is 296 g/mol. The highest BCUT2D eigenvalue weighted by Crippen LogP contribution is 2.34. The van der Waals surface area contributed by atoms with E-state index in [0.29, 0.717) is 17.0 Å². The zero-order chi connectivity index (χ0) is 14.4. The Balaban J connectivity index is 2.16. The molecule has 8 heteroatoms. The van der Waals surface area contributed by atoms with E-state index in [1.165, 1.54) is 0 Å². The molecule has 1 atom stereocenters. The van der Waals surface area contributed by atoms with Crippen molar-refractivity contribution in [3.05, 3.63) is 29.3 Å². The number of nitrogens with zero attached hydrogens (tertiary/aromatic N) is 3. The van der Waals surface area contributed by atoms with Crippen LogP contribution in [0.4, 0.5) is 0 Å². The van der Waals surface area contributed by atoms with Gasteiger partial charge in [0.25, 0.3) is 0 Å². The molecule has 2 aromatic heterocycles. The van der Waals surface area contributed by atoms with Gasteiger partial charge in [-0.15, -0.1) is 0 Å². The van der Waals surface area contributed by atoms with Crippen molar-refractivity contribution in [1.82, 2.24) is 19.7 Å². The Labute approximate surface area is 121 Å². The smallest absolute Gasteiger partial charge is 0.195 e. The standard InChI is InChI=1S/C12H14N4O2S2/c1-12(4-7-20(17,18)8-12)16-10(14-15-11(16)19)9-2-5-13-6-3-9/h2-3,5-6H,4,7-8H2,1H3,(H,15,19). The fraction of sp³-hybridized carbons (Fsp3) is 0.417. The minimum atomic E-state index is -3.02. The average molecular weight is 310 g/mol. The number of nitrogens with one attached hydrogen (secondary N) is 1. The van der Waals surface area contributed by atoms with Crippen molar-refractivity contribution in [2.45, 2.75) is 18.9 Å². The summed E-state index contributed by atoms with van der Waals surface area (Å²) in [7, 11) is -3.02. The first-order chi connectivity index (χ1) is 9.41. The zero-order valence-corrected chi connectivity index (χ0v) is 12.5. The number of rotatable bonds is 2. The number of aromatic nitrogens is 4. The molecule has 1 aliphatic rings. The summed E-state index contributed by atoms with van der Waals surface area (Å²) in [6.07, 6.45) is 3.89. The van der Waals surface area contributed by atoms with Gasteiger partial charge in [-0.1, -0.05) is 0 Å². The van der Waals surface area contributed by atoms with E-state index in [0.717, 1.165) is 5.56 Å². The van der Waals surface area contributed by atoms with E-state index in [1.807, 2.05) is 23.6 Å². The van der Waals surface area contributed by atoms with Gasteiger partial charge >= 0.3 is 0 Å². The Morgan fingerprint density at radius 2 is 2.10 bits per heavy atom. The molecule has 3 rings (SSSR count). The van der Waals surface area contributed by atoms with Crippen LogP contribution in [0.15, 0.2) is 24.5 Å². The molecule has 0 saturated carbocycles. The third-order valence-electron chi connectivity index (χ3n) is 3.63. The van der Waals surface area contributed by atoms with Gasteiger partial charge in [-0.3, -0.25) is 14.6 Å². The highest BCUT2D eigenvalue weighted by Gasteiger charge is 2.41. The molecular formula is C12H14N4O2S2. The molecule has 0 bridgehead atoms. The van der Waals surface area contributed by atoms with E-state index < -0.39 is 15.4 Å². The number of hydrogen-bond acceptors (Lipinski definition) is 5. The van der Waals surface area contributed by atoms with Gasteiger partial charge in [-0.05, 0) is 37.7 Å². The maximum absolute atomic E-state index is 11.8. The SMILES string of the molecule is CC1(n2c(-c3ccncc3)n[nH]c2=S)CCS(=O)(=O)C1. The van der Waals surface area contributed by atoms with Gasteiger partial charge < -0.3 is 0 Å². The fourth-order valence-corrected chi connectivity index (χ4v) is 5.13. The molecule has 3 heterocycles. The highest BCUT2D eigenvalue weighted by molar-refractivity contribution is 7.91. The van der Waals surface area contributed by atoms with Crippen molar-refractivity contribution in [1.29, 1.82) is 0 Å². The van der Waals surface area contributed by atoms with E-state index in [2.05, 4.69) is 15.2 Å². The molecule has 1 unspecified atom stereocenters. The maximum atomic E-state index is 11.8. The van der Waals surface area contributed by atoms with Gasteiger partial charge in [0, 0.05) is 18.0 Å². The van der Waals surface area contributed by atoms with E-state index in [4.69, 9.17) is 12.2 Å². The van der Waals surface area contributed by atoms with Gasteiger partial charge in [-0.2, -0.15) is 5.10 Å². The summed E-state index contributed by atoms with van der Waals surface area (Å²) in [6.45, 7) is 1.91. The Morgan fingerprint density at radius 3 is 2.70 bits per heavy atom. The second-order valence-electron chi connectivity index (χ2n) is 5.26. The Hall–Kier alpha value is -1.54. The molecule has 6 nitrogen and oxygen atoms in total. The van der Waals surface area contributed by atoms with Crippen LogP contribution >= 0.6 is 12.2 Å². The number of aromatic amines is 1. The summed E-state index contributed by atoms with van der Waals surface area (Å²) in [5, 5.41) is 7.01. The van der Waals surface area contributed by atoms with Gasteiger partial charge in [0.2, 0.25) is 0 Å². The van der Waals surface area contributed by atoms with E-state index in [-0.39, 0.29) is 11.5 Å². The number of pyridine rings is 1. The number of hydrogen-bond donors (Lipinski definition) is 1. The van der Waals surface area contributed by atoms with Gasteiger partial charge in [0.05, 0.1) is 17.0 Å². The fourth-order valence-electron chi connectivity index (χ4n) is 2.66. The van der Waals surface area contributed by atoms with Crippen LogP contribution in [0, 0.1) is 4.77 Å². The van der Waals surface area contributed by atoms with Crippen LogP contribution in [0.2, 0.25) is 0 Å². The topological polar surface area (TPSA) is 80.6 Å². The lowest BCUT2D eigenvalue weighted by Crippen LogP contribution is -2.32. The minimum absolute atomic E-state index is 0.0892. The highest BCUT2D eigenvalue weighted by atomic mass is 32.2. The average Bonchev–Trinajstić information content (AvgIpc) is 2.92. The molecule has 1 aliphatic heterocycles. The largest absolute Gasteiger partial charge is 0.293 e. The number of sulfone groups is 1. The predicted molar refractivity (Wildman–Crippen MR) is 77.6 cm³/mol. The second kappa shape index (κ2) is 4.49. The van der Waals surface area contributed by atoms with E-state index in [1.54, 1.807) is 12.4 Å². The zero-order valence-electron chi connectivity index (χ0n) is 10.9. The lowest BCUT2D eigenvalue weighted by atomic mass is 10.0. The quantitative estimate of drug-likeness (QED) is 0.851. The summed E-state index contributed by atoms with van der Waals surface area (Å²) in [5.74, 6) is 0.926. The summed E-state index contributed by atoms with van der Waals surface area (Å²) in [4.78, 5) is 3.98. The third-order valence-corrected chi connectivity index (χ3v) is 5.79. The molecule has 0 spiro atoms. The van der Waals surface area contributed by atoms with Crippen LogP contribution in [0.1, 0.15) is 13.3 Å².